The Labute approximate surface area is 109 Å². The van der Waals surface area contributed by atoms with Crippen molar-refractivity contribution < 1.29 is 9.47 Å². The van der Waals surface area contributed by atoms with Crippen molar-refractivity contribution in [2.24, 2.45) is 5.73 Å². The first-order valence-electron chi connectivity index (χ1n) is 6.38. The highest BCUT2D eigenvalue weighted by molar-refractivity contribution is 5.31. The van der Waals surface area contributed by atoms with Gasteiger partial charge in [0.1, 0.15) is 18.1 Å². The summed E-state index contributed by atoms with van der Waals surface area (Å²) in [5, 5.41) is 0. The molecule has 1 aliphatic heterocycles. The molecule has 0 radical (unpaired) electrons. The van der Waals surface area contributed by atoms with E-state index in [9.17, 15) is 0 Å². The van der Waals surface area contributed by atoms with Gasteiger partial charge in [0.05, 0.1) is 12.6 Å². The Morgan fingerprint density at radius 1 is 1.28 bits per heavy atom. The molecule has 4 heteroatoms. The number of hydrogen-bond acceptors (Lipinski definition) is 4. The fourth-order valence-electron chi connectivity index (χ4n) is 2.46. The molecule has 0 bridgehead atoms. The first-order chi connectivity index (χ1) is 8.70. The normalized spacial score (nSPS) is 24.2. The van der Waals surface area contributed by atoms with E-state index in [4.69, 9.17) is 15.2 Å². The maximum absolute atomic E-state index is 5.93. The summed E-state index contributed by atoms with van der Waals surface area (Å²) >= 11 is 0. The molecule has 1 aliphatic rings. The highest BCUT2D eigenvalue weighted by Crippen LogP contribution is 2.28. The Morgan fingerprint density at radius 2 is 1.94 bits per heavy atom. The van der Waals surface area contributed by atoms with Gasteiger partial charge < -0.3 is 15.2 Å². The molecule has 0 saturated carbocycles. The smallest absolute Gasteiger partial charge is 0.119 e. The fraction of sp³-hybridized carbons (Fsp3) is 0.571. The van der Waals surface area contributed by atoms with Crippen molar-refractivity contribution in [1.82, 2.24) is 4.90 Å². The fourth-order valence-corrected chi connectivity index (χ4v) is 2.46. The van der Waals surface area contributed by atoms with Crippen molar-refractivity contribution in [3.8, 4) is 11.5 Å². The minimum Gasteiger partial charge on any atom is -0.497 e. The monoisotopic (exact) mass is 250 g/mol. The van der Waals surface area contributed by atoms with Crippen molar-refractivity contribution in [3.05, 3.63) is 24.3 Å². The van der Waals surface area contributed by atoms with Crippen molar-refractivity contribution in [1.29, 1.82) is 0 Å². The van der Waals surface area contributed by atoms with E-state index >= 15 is 0 Å². The molecule has 0 amide bonds. The van der Waals surface area contributed by atoms with Crippen molar-refractivity contribution in [3.63, 3.8) is 0 Å². The van der Waals surface area contributed by atoms with Crippen LogP contribution in [0.4, 0.5) is 0 Å². The molecule has 0 spiro atoms. The molecule has 100 valence electrons. The molecular weight excluding hydrogens is 228 g/mol. The summed E-state index contributed by atoms with van der Waals surface area (Å²) in [5.74, 6) is 1.71. The van der Waals surface area contributed by atoms with Crippen molar-refractivity contribution in [2.45, 2.75) is 18.4 Å². The lowest BCUT2D eigenvalue weighted by atomic mass is 9.98. The lowest BCUT2D eigenvalue weighted by Crippen LogP contribution is -2.52. The first kappa shape index (κ1) is 13.2. The SMILES string of the molecule is COc1ccc(OCC2(CN)CCCN2C)cc1. The Morgan fingerprint density at radius 3 is 2.44 bits per heavy atom. The zero-order chi connectivity index (χ0) is 13.0. The summed E-state index contributed by atoms with van der Waals surface area (Å²) in [6.07, 6.45) is 2.30. The van der Waals surface area contributed by atoms with E-state index in [0.717, 1.165) is 24.5 Å². The van der Waals surface area contributed by atoms with E-state index < -0.39 is 0 Å². The van der Waals surface area contributed by atoms with Crippen molar-refractivity contribution >= 4 is 0 Å². The first-order valence-corrected chi connectivity index (χ1v) is 6.38. The summed E-state index contributed by atoms with van der Waals surface area (Å²) in [6.45, 7) is 2.38. The van der Waals surface area contributed by atoms with Crippen LogP contribution in [0.5, 0.6) is 11.5 Å². The maximum atomic E-state index is 5.93. The quantitative estimate of drug-likeness (QED) is 0.860. The summed E-state index contributed by atoms with van der Waals surface area (Å²) in [4.78, 5) is 2.32. The van der Waals surface area contributed by atoms with Gasteiger partial charge in [0, 0.05) is 6.54 Å². The zero-order valence-corrected chi connectivity index (χ0v) is 11.2. The molecule has 0 aromatic heterocycles. The summed E-state index contributed by atoms with van der Waals surface area (Å²) in [7, 11) is 3.78. The van der Waals surface area contributed by atoms with E-state index in [1.165, 1.54) is 6.42 Å². The molecule has 2 N–H and O–H groups in total. The predicted octanol–water partition coefficient (Wildman–Crippen LogP) is 1.50. The number of ether oxygens (including phenoxy) is 2. The third kappa shape index (κ3) is 2.60. The van der Waals surface area contributed by atoms with Gasteiger partial charge in [-0.05, 0) is 50.7 Å². The van der Waals surface area contributed by atoms with Gasteiger partial charge in [0.2, 0.25) is 0 Å². The molecule has 1 aromatic rings. The van der Waals surface area contributed by atoms with Crippen LogP contribution in [0.1, 0.15) is 12.8 Å². The number of nitrogens with zero attached hydrogens (tertiary/aromatic N) is 1. The highest BCUT2D eigenvalue weighted by Gasteiger charge is 2.38. The molecule has 1 fully saturated rings. The van der Waals surface area contributed by atoms with Gasteiger partial charge in [0.15, 0.2) is 0 Å². The molecule has 1 saturated heterocycles. The van der Waals surface area contributed by atoms with Crippen LogP contribution in [0.15, 0.2) is 24.3 Å². The summed E-state index contributed by atoms with van der Waals surface area (Å²) < 4.78 is 11.0. The Bertz CT molecular complexity index is 380. The number of likely N-dealkylation sites (N-methyl/N-ethyl adjacent to an activating group) is 1. The zero-order valence-electron chi connectivity index (χ0n) is 11.2. The second-order valence-electron chi connectivity index (χ2n) is 4.92. The molecule has 0 aliphatic carbocycles. The van der Waals surface area contributed by atoms with Gasteiger partial charge in [-0.2, -0.15) is 0 Å². The minimum atomic E-state index is -0.0000717. The Balaban J connectivity index is 1.97. The van der Waals surface area contributed by atoms with Crippen LogP contribution in [0.25, 0.3) is 0 Å². The van der Waals surface area contributed by atoms with Gasteiger partial charge in [-0.3, -0.25) is 4.90 Å². The number of likely N-dealkylation sites (tertiary alicyclic amines) is 1. The number of benzene rings is 1. The van der Waals surface area contributed by atoms with Crippen LogP contribution < -0.4 is 15.2 Å². The third-order valence-corrected chi connectivity index (χ3v) is 3.89. The molecule has 1 heterocycles. The highest BCUT2D eigenvalue weighted by atomic mass is 16.5. The molecule has 1 aromatic carbocycles. The molecule has 1 unspecified atom stereocenters. The number of nitrogens with two attached hydrogens (primary N) is 1. The lowest BCUT2D eigenvalue weighted by molar-refractivity contribution is 0.104. The largest absolute Gasteiger partial charge is 0.497 e. The van der Waals surface area contributed by atoms with Gasteiger partial charge in [-0.15, -0.1) is 0 Å². The van der Waals surface area contributed by atoms with Gasteiger partial charge in [-0.1, -0.05) is 0 Å². The standard InChI is InChI=1S/C14H22N2O2/c1-16-9-3-8-14(16,10-15)11-18-13-6-4-12(17-2)5-7-13/h4-7H,3,8-11,15H2,1-2H3. The molecule has 4 nitrogen and oxygen atoms in total. The second kappa shape index (κ2) is 5.59. The summed E-state index contributed by atoms with van der Waals surface area (Å²) in [5.41, 5.74) is 5.93. The Hall–Kier alpha value is -1.26. The average Bonchev–Trinajstić information content (AvgIpc) is 2.79. The van der Waals surface area contributed by atoms with Crippen LogP contribution in [0.3, 0.4) is 0 Å². The lowest BCUT2D eigenvalue weighted by Gasteiger charge is -2.34. The minimum absolute atomic E-state index is 0.0000717. The van der Waals surface area contributed by atoms with Gasteiger partial charge in [-0.25, -0.2) is 0 Å². The molecule has 1 atom stereocenters. The average molecular weight is 250 g/mol. The van der Waals surface area contributed by atoms with Crippen LogP contribution in [-0.2, 0) is 0 Å². The maximum Gasteiger partial charge on any atom is 0.119 e. The van der Waals surface area contributed by atoms with E-state index in [2.05, 4.69) is 11.9 Å². The van der Waals surface area contributed by atoms with Crippen LogP contribution in [-0.4, -0.2) is 44.3 Å². The van der Waals surface area contributed by atoms with E-state index in [-0.39, 0.29) is 5.54 Å². The van der Waals surface area contributed by atoms with Crippen molar-refractivity contribution in [2.75, 3.05) is 33.9 Å². The predicted molar refractivity (Wildman–Crippen MR) is 72.1 cm³/mol. The number of rotatable bonds is 5. The van der Waals surface area contributed by atoms with Gasteiger partial charge in [0.25, 0.3) is 0 Å². The number of hydrogen-bond donors (Lipinski definition) is 1. The molecule has 18 heavy (non-hydrogen) atoms. The second-order valence-corrected chi connectivity index (χ2v) is 4.92. The van der Waals surface area contributed by atoms with Crippen LogP contribution in [0.2, 0.25) is 0 Å². The van der Waals surface area contributed by atoms with E-state index in [1.807, 2.05) is 24.3 Å². The topological polar surface area (TPSA) is 47.7 Å². The molecule has 2 rings (SSSR count). The third-order valence-electron chi connectivity index (χ3n) is 3.89. The number of methoxy groups -OCH3 is 1. The van der Waals surface area contributed by atoms with Crippen LogP contribution >= 0.6 is 0 Å². The van der Waals surface area contributed by atoms with Gasteiger partial charge >= 0.3 is 0 Å². The van der Waals surface area contributed by atoms with Crippen LogP contribution in [0, 0.1) is 0 Å². The Kier molecular flexibility index (Phi) is 4.09. The summed E-state index contributed by atoms with van der Waals surface area (Å²) in [6, 6.07) is 7.67. The molecular formula is C14H22N2O2. The van der Waals surface area contributed by atoms with E-state index in [0.29, 0.717) is 13.2 Å². The van der Waals surface area contributed by atoms with E-state index in [1.54, 1.807) is 7.11 Å².